The fourth-order valence-corrected chi connectivity index (χ4v) is 4.53. The van der Waals surface area contributed by atoms with E-state index >= 15 is 0 Å². The summed E-state index contributed by atoms with van der Waals surface area (Å²) in [4.78, 5) is 20.0. The number of aromatic nitrogens is 3. The van der Waals surface area contributed by atoms with Gasteiger partial charge in [-0.25, -0.2) is 22.8 Å². The first-order valence-electron chi connectivity index (χ1n) is 10.2. The van der Waals surface area contributed by atoms with Gasteiger partial charge in [0, 0.05) is 31.2 Å². The van der Waals surface area contributed by atoms with Crippen molar-refractivity contribution in [3.8, 4) is 5.75 Å². The van der Waals surface area contributed by atoms with Crippen LogP contribution in [0.5, 0.6) is 5.75 Å². The van der Waals surface area contributed by atoms with Crippen molar-refractivity contribution < 1.29 is 35.5 Å². The number of halogens is 4. The topological polar surface area (TPSA) is 90.6 Å². The van der Waals surface area contributed by atoms with Crippen LogP contribution in [0.15, 0.2) is 77.0 Å². The summed E-state index contributed by atoms with van der Waals surface area (Å²) in [6.07, 6.45) is 2.17. The van der Waals surface area contributed by atoms with Crippen molar-refractivity contribution >= 4 is 21.4 Å². The predicted octanol–water partition coefficient (Wildman–Crippen LogP) is 4.46. The normalized spacial score (nSPS) is 12.1. The highest BCUT2D eigenvalue weighted by Crippen LogP contribution is 2.27. The Balaban J connectivity index is 1.42. The van der Waals surface area contributed by atoms with Crippen LogP contribution in [0.1, 0.15) is 22.3 Å². The third-order valence-electron chi connectivity index (χ3n) is 5.05. The number of carbonyl (C=O) groups is 1. The molecule has 0 spiro atoms. The molecule has 35 heavy (non-hydrogen) atoms. The van der Waals surface area contributed by atoms with E-state index in [0.29, 0.717) is 29.4 Å². The van der Waals surface area contributed by atoms with Gasteiger partial charge in [-0.3, -0.25) is 9.20 Å². The minimum Gasteiger partial charge on any atom is -0.481 e. The molecule has 0 aliphatic heterocycles. The van der Waals surface area contributed by atoms with E-state index in [1.54, 1.807) is 23.0 Å². The van der Waals surface area contributed by atoms with Gasteiger partial charge in [0.25, 0.3) is 0 Å². The number of benzene rings is 2. The van der Waals surface area contributed by atoms with E-state index in [0.717, 1.165) is 12.1 Å². The standard InChI is InChI=1S/C23H17F4N3O4S/c24-19-11-18(6-8-21(19)34-14-23(25,26)27)35(32,33)17-4-1-15(2-5-17)3-7-20(31)16-12-29-22-28-9-10-30(22)13-16/h1-2,4-6,8-13H,3,7,14H2. The summed E-state index contributed by atoms with van der Waals surface area (Å²) in [5.74, 6) is -1.60. The van der Waals surface area contributed by atoms with Crippen LogP contribution in [-0.2, 0) is 16.3 Å². The zero-order chi connectivity index (χ0) is 25.2. The fraction of sp³-hybridized carbons (Fsp3) is 0.174. The Morgan fingerprint density at radius 2 is 1.74 bits per heavy atom. The SMILES string of the molecule is O=C(CCc1ccc(S(=O)(=O)c2ccc(OCC(F)(F)F)c(F)c2)cc1)c1cnc2nccn2c1. The van der Waals surface area contributed by atoms with Crippen molar-refractivity contribution in [1.29, 1.82) is 0 Å². The van der Waals surface area contributed by atoms with Crippen LogP contribution in [0.4, 0.5) is 17.6 Å². The number of nitrogens with zero attached hydrogens (tertiary/aromatic N) is 3. The molecule has 2 aromatic carbocycles. The van der Waals surface area contributed by atoms with Crippen molar-refractivity contribution in [2.24, 2.45) is 0 Å². The molecule has 2 heterocycles. The van der Waals surface area contributed by atoms with E-state index in [9.17, 15) is 30.8 Å². The summed E-state index contributed by atoms with van der Waals surface area (Å²) >= 11 is 0. The number of rotatable bonds is 8. The van der Waals surface area contributed by atoms with Crippen molar-refractivity contribution in [3.63, 3.8) is 0 Å². The molecule has 12 heteroatoms. The molecule has 0 N–H and O–H groups in total. The van der Waals surface area contributed by atoms with Gasteiger partial charge in [-0.15, -0.1) is 0 Å². The molecule has 0 bridgehead atoms. The largest absolute Gasteiger partial charge is 0.481 e. The van der Waals surface area contributed by atoms with Crippen LogP contribution in [0, 0.1) is 5.82 Å². The second-order valence-corrected chi connectivity index (χ2v) is 9.49. The zero-order valence-electron chi connectivity index (χ0n) is 17.9. The zero-order valence-corrected chi connectivity index (χ0v) is 18.7. The lowest BCUT2D eigenvalue weighted by Gasteiger charge is -2.11. The lowest BCUT2D eigenvalue weighted by Crippen LogP contribution is -2.19. The lowest BCUT2D eigenvalue weighted by atomic mass is 10.0. The highest BCUT2D eigenvalue weighted by atomic mass is 32.2. The Morgan fingerprint density at radius 3 is 2.43 bits per heavy atom. The van der Waals surface area contributed by atoms with Crippen molar-refractivity contribution in [3.05, 3.63) is 84.2 Å². The molecule has 2 aromatic heterocycles. The molecular formula is C23H17F4N3O4S. The number of hydrogen-bond acceptors (Lipinski definition) is 6. The Bertz CT molecular complexity index is 1480. The van der Waals surface area contributed by atoms with E-state index in [1.165, 1.54) is 30.5 Å². The van der Waals surface area contributed by atoms with Gasteiger partial charge < -0.3 is 4.74 Å². The molecule has 182 valence electrons. The molecule has 0 radical (unpaired) electrons. The molecule has 7 nitrogen and oxygen atoms in total. The number of ketones is 1. The van der Waals surface area contributed by atoms with Gasteiger partial charge in [0.05, 0.1) is 15.4 Å². The minimum absolute atomic E-state index is 0.134. The molecule has 0 atom stereocenters. The highest BCUT2D eigenvalue weighted by Gasteiger charge is 2.29. The van der Waals surface area contributed by atoms with Crippen LogP contribution in [0.3, 0.4) is 0 Å². The molecule has 0 amide bonds. The molecule has 0 aliphatic carbocycles. The molecule has 0 saturated heterocycles. The molecule has 4 aromatic rings. The van der Waals surface area contributed by atoms with Gasteiger partial charge in [-0.1, -0.05) is 12.1 Å². The monoisotopic (exact) mass is 507 g/mol. The maximum absolute atomic E-state index is 14.1. The van der Waals surface area contributed by atoms with E-state index in [2.05, 4.69) is 14.7 Å². The Hall–Kier alpha value is -3.80. The average Bonchev–Trinajstić information content (AvgIpc) is 3.29. The number of hydrogen-bond donors (Lipinski definition) is 0. The number of Topliss-reactive ketones (excluding diaryl/α,β-unsaturated/α-hetero) is 1. The number of carbonyl (C=O) groups excluding carboxylic acids is 1. The van der Waals surface area contributed by atoms with Gasteiger partial charge in [0.1, 0.15) is 0 Å². The van der Waals surface area contributed by atoms with Crippen LogP contribution in [-0.4, -0.2) is 41.4 Å². The van der Waals surface area contributed by atoms with E-state index in [1.807, 2.05) is 0 Å². The molecule has 0 fully saturated rings. The second kappa shape index (κ2) is 9.45. The molecule has 4 rings (SSSR count). The minimum atomic E-state index is -4.66. The smallest absolute Gasteiger partial charge is 0.422 e. The second-order valence-electron chi connectivity index (χ2n) is 7.54. The van der Waals surface area contributed by atoms with E-state index in [4.69, 9.17) is 0 Å². The lowest BCUT2D eigenvalue weighted by molar-refractivity contribution is -0.153. The van der Waals surface area contributed by atoms with Gasteiger partial charge in [0.15, 0.2) is 24.0 Å². The fourth-order valence-electron chi connectivity index (χ4n) is 3.26. The first-order valence-corrected chi connectivity index (χ1v) is 11.7. The summed E-state index contributed by atoms with van der Waals surface area (Å²) in [5, 5.41) is 0. The maximum atomic E-state index is 14.1. The van der Waals surface area contributed by atoms with Crippen LogP contribution < -0.4 is 4.74 Å². The number of alkyl halides is 3. The van der Waals surface area contributed by atoms with Gasteiger partial charge in [-0.05, 0) is 42.3 Å². The number of fused-ring (bicyclic) bond motifs is 1. The summed E-state index contributed by atoms with van der Waals surface area (Å²) < 4.78 is 82.5. The summed E-state index contributed by atoms with van der Waals surface area (Å²) in [6, 6.07) is 8.13. The summed E-state index contributed by atoms with van der Waals surface area (Å²) in [5.41, 5.74) is 1.12. The van der Waals surface area contributed by atoms with Gasteiger partial charge in [0.2, 0.25) is 15.6 Å². The van der Waals surface area contributed by atoms with Gasteiger partial charge in [-0.2, -0.15) is 13.2 Å². The number of ether oxygens (including phenoxy) is 1. The van der Waals surface area contributed by atoms with Crippen molar-refractivity contribution in [2.75, 3.05) is 6.61 Å². The van der Waals surface area contributed by atoms with E-state index in [-0.39, 0.29) is 17.1 Å². The van der Waals surface area contributed by atoms with Crippen molar-refractivity contribution in [1.82, 2.24) is 14.4 Å². The number of imidazole rings is 1. The Kier molecular flexibility index (Phi) is 6.57. The maximum Gasteiger partial charge on any atom is 0.422 e. The highest BCUT2D eigenvalue weighted by molar-refractivity contribution is 7.91. The first-order chi connectivity index (χ1) is 16.5. The molecule has 0 unspecified atom stereocenters. The Labute approximate surface area is 196 Å². The quantitative estimate of drug-likeness (QED) is 0.258. The Morgan fingerprint density at radius 1 is 1.03 bits per heavy atom. The predicted molar refractivity (Wildman–Crippen MR) is 115 cm³/mol. The first kappa shape index (κ1) is 24.3. The molecule has 0 aliphatic rings. The average molecular weight is 507 g/mol. The van der Waals surface area contributed by atoms with Gasteiger partial charge >= 0.3 is 6.18 Å². The summed E-state index contributed by atoms with van der Waals surface area (Å²) in [7, 11) is -4.13. The number of sulfone groups is 1. The molecular weight excluding hydrogens is 490 g/mol. The van der Waals surface area contributed by atoms with Crippen LogP contribution in [0.25, 0.3) is 5.78 Å². The van der Waals surface area contributed by atoms with E-state index < -0.39 is 39.1 Å². The third kappa shape index (κ3) is 5.65. The third-order valence-corrected chi connectivity index (χ3v) is 6.81. The number of aryl methyl sites for hydroxylation is 1. The summed E-state index contributed by atoms with van der Waals surface area (Å²) in [6.45, 7) is -1.70. The van der Waals surface area contributed by atoms with Crippen molar-refractivity contribution in [2.45, 2.75) is 28.8 Å². The van der Waals surface area contributed by atoms with Crippen LogP contribution >= 0.6 is 0 Å². The van der Waals surface area contributed by atoms with Crippen LogP contribution in [0.2, 0.25) is 0 Å². The molecule has 0 saturated carbocycles.